The van der Waals surface area contributed by atoms with Crippen LogP contribution in [0.2, 0.25) is 0 Å². The quantitative estimate of drug-likeness (QED) is 0.112. The zero-order chi connectivity index (χ0) is 18.6. The number of benzene rings is 1. The van der Waals surface area contributed by atoms with Crippen molar-refractivity contribution >= 4 is 38.5 Å². The molecule has 130 valence electrons. The van der Waals surface area contributed by atoms with E-state index in [1.807, 2.05) is 12.1 Å². The van der Waals surface area contributed by atoms with Gasteiger partial charge in [-0.15, -0.1) is 0 Å². The standard InChI is InChI=1S/C10H8N2O.C6BrF4I/c13-12-7-3-10(4-8-12)9-1-5-11-6-2-9;7-1-2(8)4(10)6(12)5(11)3(1)9/h1-8H;. The number of hydrogen-bond donors (Lipinski definition) is 0. The van der Waals surface area contributed by atoms with Gasteiger partial charge in [-0.25, -0.2) is 17.6 Å². The first-order valence-electron chi connectivity index (χ1n) is 6.59. The van der Waals surface area contributed by atoms with Gasteiger partial charge in [-0.3, -0.25) is 4.98 Å². The highest BCUT2D eigenvalue weighted by atomic mass is 127. The Morgan fingerprint density at radius 2 is 1.28 bits per heavy atom. The third kappa shape index (κ3) is 4.66. The van der Waals surface area contributed by atoms with Crippen LogP contribution < -0.4 is 4.73 Å². The minimum absolute atomic E-state index is 0.689. The predicted molar refractivity (Wildman–Crippen MR) is 95.3 cm³/mol. The second-order valence-electron chi connectivity index (χ2n) is 4.57. The van der Waals surface area contributed by atoms with Crippen molar-refractivity contribution in [2.45, 2.75) is 0 Å². The molecule has 0 atom stereocenters. The summed E-state index contributed by atoms with van der Waals surface area (Å²) < 4.78 is 49.7. The number of hydrogen-bond acceptors (Lipinski definition) is 2. The molecular formula is C16H8BrF4IN2O. The summed E-state index contributed by atoms with van der Waals surface area (Å²) in [6, 6.07) is 7.37. The Bertz CT molecular complexity index is 775. The molecule has 0 aliphatic heterocycles. The molecule has 2 heterocycles. The Labute approximate surface area is 162 Å². The summed E-state index contributed by atoms with van der Waals surface area (Å²) in [5, 5.41) is 10.8. The highest BCUT2D eigenvalue weighted by Gasteiger charge is 2.21. The third-order valence-corrected chi connectivity index (χ3v) is 4.62. The lowest BCUT2D eigenvalue weighted by molar-refractivity contribution is -0.605. The second-order valence-corrected chi connectivity index (χ2v) is 6.44. The van der Waals surface area contributed by atoms with Crippen LogP contribution in [0.1, 0.15) is 0 Å². The van der Waals surface area contributed by atoms with Gasteiger partial charge in [0, 0.05) is 24.5 Å². The molecule has 0 radical (unpaired) electrons. The SMILES string of the molecule is Fc1c(F)c(I)c(F)c(F)c1Br.[O-][n+]1ccc(-c2ccncc2)cc1. The van der Waals surface area contributed by atoms with E-state index in [0.717, 1.165) is 15.9 Å². The van der Waals surface area contributed by atoms with Crippen molar-refractivity contribution in [1.29, 1.82) is 0 Å². The Hall–Kier alpha value is -1.75. The number of rotatable bonds is 1. The molecule has 0 fully saturated rings. The molecule has 1 aromatic carbocycles. The molecule has 3 nitrogen and oxygen atoms in total. The first-order chi connectivity index (χ1) is 11.8. The Balaban J connectivity index is 0.000000181. The van der Waals surface area contributed by atoms with E-state index < -0.39 is 31.3 Å². The van der Waals surface area contributed by atoms with Gasteiger partial charge in [0.1, 0.15) is 0 Å². The fraction of sp³-hybridized carbons (Fsp3) is 0. The average Bonchev–Trinajstić information content (AvgIpc) is 2.65. The van der Waals surface area contributed by atoms with E-state index in [1.54, 1.807) is 24.5 Å². The largest absolute Gasteiger partial charge is 0.619 e. The van der Waals surface area contributed by atoms with E-state index in [-0.39, 0.29) is 0 Å². The zero-order valence-corrected chi connectivity index (χ0v) is 15.9. The maximum atomic E-state index is 12.6. The van der Waals surface area contributed by atoms with Crippen LogP contribution in [0, 0.1) is 32.0 Å². The van der Waals surface area contributed by atoms with Gasteiger partial charge in [-0.2, -0.15) is 4.73 Å². The number of nitrogens with zero attached hydrogens (tertiary/aromatic N) is 2. The van der Waals surface area contributed by atoms with Gasteiger partial charge in [-0.05, 0) is 61.8 Å². The zero-order valence-electron chi connectivity index (χ0n) is 12.2. The van der Waals surface area contributed by atoms with E-state index in [1.165, 1.54) is 35.0 Å². The van der Waals surface area contributed by atoms with Crippen molar-refractivity contribution in [3.8, 4) is 11.1 Å². The van der Waals surface area contributed by atoms with Crippen LogP contribution >= 0.6 is 38.5 Å². The minimum atomic E-state index is -1.42. The van der Waals surface area contributed by atoms with Crippen molar-refractivity contribution in [3.63, 3.8) is 0 Å². The van der Waals surface area contributed by atoms with Crippen LogP contribution in [0.15, 0.2) is 53.5 Å². The Morgan fingerprint density at radius 3 is 1.76 bits per heavy atom. The molecule has 0 aliphatic carbocycles. The van der Waals surface area contributed by atoms with Gasteiger partial charge in [0.05, 0.1) is 8.04 Å². The normalized spacial score (nSPS) is 10.2. The first kappa shape index (κ1) is 19.6. The molecule has 0 spiro atoms. The van der Waals surface area contributed by atoms with Crippen molar-refractivity contribution in [2.75, 3.05) is 0 Å². The number of halogens is 6. The molecule has 3 rings (SSSR count). The average molecular weight is 527 g/mol. The predicted octanol–water partition coefficient (Wildman–Crippen LogP) is 4.99. The van der Waals surface area contributed by atoms with Gasteiger partial charge in [-0.1, -0.05) is 0 Å². The molecule has 0 aliphatic rings. The molecule has 9 heteroatoms. The number of pyridine rings is 2. The molecule has 0 bridgehead atoms. The summed E-state index contributed by atoms with van der Waals surface area (Å²) in [5.74, 6) is -5.61. The molecule has 0 unspecified atom stereocenters. The Morgan fingerprint density at radius 1 is 0.840 bits per heavy atom. The van der Waals surface area contributed by atoms with Crippen molar-refractivity contribution < 1.29 is 22.3 Å². The van der Waals surface area contributed by atoms with Crippen LogP contribution in [0.25, 0.3) is 11.1 Å². The minimum Gasteiger partial charge on any atom is -0.619 e. The summed E-state index contributed by atoms with van der Waals surface area (Å²) in [6.07, 6.45) is 6.42. The first-order valence-corrected chi connectivity index (χ1v) is 8.46. The van der Waals surface area contributed by atoms with Crippen LogP contribution in [0.4, 0.5) is 17.6 Å². The monoisotopic (exact) mass is 526 g/mol. The van der Waals surface area contributed by atoms with E-state index in [4.69, 9.17) is 0 Å². The Kier molecular flexibility index (Phi) is 6.71. The molecule has 2 aromatic heterocycles. The lowest BCUT2D eigenvalue weighted by atomic mass is 10.1. The molecule has 25 heavy (non-hydrogen) atoms. The molecule has 0 N–H and O–H groups in total. The summed E-state index contributed by atoms with van der Waals surface area (Å²) >= 11 is 3.57. The fourth-order valence-electron chi connectivity index (χ4n) is 1.73. The molecule has 3 aromatic rings. The molecule has 0 amide bonds. The van der Waals surface area contributed by atoms with Crippen molar-refractivity contribution in [3.05, 3.63) is 85.6 Å². The lowest BCUT2D eigenvalue weighted by Gasteiger charge is -2.02. The smallest absolute Gasteiger partial charge is 0.180 e. The summed E-state index contributed by atoms with van der Waals surface area (Å²) in [5.41, 5.74) is 2.09. The second kappa shape index (κ2) is 8.56. The van der Waals surface area contributed by atoms with Gasteiger partial charge in [0.25, 0.3) is 0 Å². The van der Waals surface area contributed by atoms with Crippen LogP contribution in [-0.4, -0.2) is 4.98 Å². The van der Waals surface area contributed by atoms with Gasteiger partial charge < -0.3 is 5.21 Å². The van der Waals surface area contributed by atoms with E-state index in [2.05, 4.69) is 20.9 Å². The van der Waals surface area contributed by atoms with Crippen molar-refractivity contribution in [2.24, 2.45) is 0 Å². The molecule has 0 saturated carbocycles. The summed E-state index contributed by atoms with van der Waals surface area (Å²) in [6.45, 7) is 0. The molecular weight excluding hydrogens is 519 g/mol. The van der Waals surface area contributed by atoms with E-state index in [9.17, 15) is 22.8 Å². The fourth-order valence-corrected chi connectivity index (χ4v) is 2.55. The maximum absolute atomic E-state index is 12.6. The topological polar surface area (TPSA) is 39.8 Å². The highest BCUT2D eigenvalue weighted by Crippen LogP contribution is 2.28. The van der Waals surface area contributed by atoms with Crippen LogP contribution in [0.3, 0.4) is 0 Å². The van der Waals surface area contributed by atoms with Gasteiger partial charge >= 0.3 is 0 Å². The molecule has 0 saturated heterocycles. The number of aromatic nitrogens is 2. The van der Waals surface area contributed by atoms with Crippen molar-refractivity contribution in [1.82, 2.24) is 4.98 Å². The highest BCUT2D eigenvalue weighted by molar-refractivity contribution is 14.1. The van der Waals surface area contributed by atoms with E-state index in [0.29, 0.717) is 0 Å². The summed E-state index contributed by atoms with van der Waals surface area (Å²) in [7, 11) is 0. The third-order valence-electron chi connectivity index (χ3n) is 2.97. The van der Waals surface area contributed by atoms with Gasteiger partial charge in [0.15, 0.2) is 35.7 Å². The van der Waals surface area contributed by atoms with Gasteiger partial charge in [0.2, 0.25) is 0 Å². The maximum Gasteiger partial charge on any atom is 0.180 e. The lowest BCUT2D eigenvalue weighted by Crippen LogP contribution is -2.23. The van der Waals surface area contributed by atoms with Crippen LogP contribution in [-0.2, 0) is 0 Å². The summed E-state index contributed by atoms with van der Waals surface area (Å²) in [4.78, 5) is 3.92. The van der Waals surface area contributed by atoms with E-state index >= 15 is 0 Å². The van der Waals surface area contributed by atoms with Crippen LogP contribution in [0.5, 0.6) is 0 Å².